The van der Waals surface area contributed by atoms with Crippen LogP contribution in [0.15, 0.2) is 12.2 Å². The van der Waals surface area contributed by atoms with Gasteiger partial charge >= 0.3 is 13.8 Å². The van der Waals surface area contributed by atoms with Crippen molar-refractivity contribution in [1.82, 2.24) is 0 Å². The van der Waals surface area contributed by atoms with Crippen molar-refractivity contribution in [2.24, 2.45) is 0 Å². The molecule has 0 bridgehead atoms. The quantitative estimate of drug-likeness (QED) is 0.171. The monoisotopic (exact) mass is 366 g/mol. The number of rotatable bonds is 13. The number of phosphoric ester groups is 1. The van der Waals surface area contributed by atoms with Crippen LogP contribution in [-0.2, 0) is 18.6 Å². The Balaban J connectivity index is 4.68. The largest absolute Gasteiger partial charge is 0.469 e. The second-order valence-electron chi connectivity index (χ2n) is 5.74. The second-order valence-corrected chi connectivity index (χ2v) is 6.98. The van der Waals surface area contributed by atoms with E-state index >= 15 is 0 Å². The highest BCUT2D eigenvalue weighted by molar-refractivity contribution is 7.46. The first kappa shape index (κ1) is 23.3. The summed E-state index contributed by atoms with van der Waals surface area (Å²) in [5, 5.41) is 0. The first-order chi connectivity index (χ1) is 11.2. The van der Waals surface area contributed by atoms with Gasteiger partial charge in [0.15, 0.2) is 0 Å². The first-order valence-corrected chi connectivity index (χ1v) is 10.1. The van der Waals surface area contributed by atoms with E-state index in [1.54, 1.807) is 13.0 Å². The molecule has 0 amide bonds. The van der Waals surface area contributed by atoms with Gasteiger partial charge in [-0.1, -0.05) is 6.08 Å². The van der Waals surface area contributed by atoms with Crippen LogP contribution in [0.4, 0.5) is 0 Å². The zero-order chi connectivity index (χ0) is 18.6. The molecule has 0 spiro atoms. The lowest BCUT2D eigenvalue weighted by atomic mass is 10.0. The molecule has 0 radical (unpaired) electrons. The number of allylic oxidation sites excluding steroid dienone is 1. The molecule has 0 aromatic heterocycles. The number of carbonyl (C=O) groups excluding carboxylic acids is 1. The van der Waals surface area contributed by atoms with Gasteiger partial charge in [-0.2, -0.15) is 0 Å². The minimum Gasteiger partial charge on any atom is -0.463 e. The minimum absolute atomic E-state index is 0.0211. The number of carbonyl (C=O) groups is 1. The summed E-state index contributed by atoms with van der Waals surface area (Å²) < 4.78 is 21.5. The lowest BCUT2D eigenvalue weighted by molar-refractivity contribution is -0.947. The maximum Gasteiger partial charge on any atom is 0.469 e. The Morgan fingerprint density at radius 2 is 1.71 bits per heavy atom. The Hall–Kier alpha value is -0.720. The van der Waals surface area contributed by atoms with E-state index in [9.17, 15) is 9.36 Å². The molecule has 0 saturated heterocycles. The molecule has 0 aliphatic heterocycles. The molecule has 0 heterocycles. The summed E-state index contributed by atoms with van der Waals surface area (Å²) in [6.45, 7) is 11.3. The molecule has 1 atom stereocenters. The molecule has 24 heavy (non-hydrogen) atoms. The zero-order valence-electron chi connectivity index (χ0n) is 15.3. The molecule has 1 unspecified atom stereocenters. The summed E-state index contributed by atoms with van der Waals surface area (Å²) >= 11 is 0. The summed E-state index contributed by atoms with van der Waals surface area (Å²) in [4.78, 5) is 29.0. The van der Waals surface area contributed by atoms with Gasteiger partial charge in [0.05, 0.1) is 38.9 Å². The fourth-order valence-corrected chi connectivity index (χ4v) is 3.46. The highest BCUT2D eigenvalue weighted by Gasteiger charge is 2.32. The highest BCUT2D eigenvalue weighted by atomic mass is 31.2. The fraction of sp³-hybridized carbons (Fsp3) is 0.812. The van der Waals surface area contributed by atoms with Crippen molar-refractivity contribution >= 4 is 13.8 Å². The lowest BCUT2D eigenvalue weighted by Gasteiger charge is -2.43. The molecule has 0 rings (SSSR count). The Kier molecular flexibility index (Phi) is 11.4. The Labute approximate surface area is 145 Å². The van der Waals surface area contributed by atoms with Crippen LogP contribution < -0.4 is 0 Å². The molecule has 0 aromatic rings. The highest BCUT2D eigenvalue weighted by Crippen LogP contribution is 2.36. The number of nitrogens with zero attached hydrogens (tertiary/aromatic N) is 1. The Bertz CT molecular complexity index is 422. The summed E-state index contributed by atoms with van der Waals surface area (Å²) in [5.74, 6) is -0.346. The minimum atomic E-state index is -4.44. The summed E-state index contributed by atoms with van der Waals surface area (Å²) in [6, 6.07) is 0.206. The molecule has 0 saturated carbocycles. The fourth-order valence-electron chi connectivity index (χ4n) is 3.12. The molecule has 8 heteroatoms. The molecule has 0 aromatic carbocycles. The maximum absolute atomic E-state index is 11.3. The van der Waals surface area contributed by atoms with Crippen LogP contribution in [0.25, 0.3) is 0 Å². The zero-order valence-corrected chi connectivity index (χ0v) is 16.2. The van der Waals surface area contributed by atoms with E-state index in [-0.39, 0.29) is 18.6 Å². The van der Waals surface area contributed by atoms with Gasteiger partial charge in [0.2, 0.25) is 0 Å². The summed E-state index contributed by atoms with van der Waals surface area (Å²) in [5.41, 5.74) is 0. The predicted molar refractivity (Wildman–Crippen MR) is 93.3 cm³/mol. The van der Waals surface area contributed by atoms with Crippen LogP contribution in [0.3, 0.4) is 0 Å². The predicted octanol–water partition coefficient (Wildman–Crippen LogP) is 2.63. The van der Waals surface area contributed by atoms with E-state index in [0.29, 0.717) is 19.4 Å². The van der Waals surface area contributed by atoms with Crippen molar-refractivity contribution in [2.75, 3.05) is 32.8 Å². The first-order valence-electron chi connectivity index (χ1n) is 8.59. The molecule has 0 fully saturated rings. The molecule has 0 aliphatic carbocycles. The van der Waals surface area contributed by atoms with E-state index in [2.05, 4.69) is 25.3 Å². The standard InChI is InChI=1S/C16H32NO6P/c1-5-10-16(18)22-13-9-11-15(12-14-23-24(19,20)21)17(6-2,7-3)8-4/h5,10,15H,6-9,11-14H2,1-4H3,(H-,19,20,21)/p+1. The van der Waals surface area contributed by atoms with E-state index in [1.165, 1.54) is 6.08 Å². The van der Waals surface area contributed by atoms with Crippen LogP contribution in [0.1, 0.15) is 47.0 Å². The average molecular weight is 366 g/mol. The van der Waals surface area contributed by atoms with Crippen molar-refractivity contribution < 1.29 is 32.9 Å². The lowest BCUT2D eigenvalue weighted by Crippen LogP contribution is -2.55. The van der Waals surface area contributed by atoms with Gasteiger partial charge in [0.25, 0.3) is 0 Å². The van der Waals surface area contributed by atoms with Gasteiger partial charge in [0, 0.05) is 18.9 Å². The third-order valence-corrected chi connectivity index (χ3v) is 5.12. The Morgan fingerprint density at radius 1 is 1.12 bits per heavy atom. The van der Waals surface area contributed by atoms with Crippen molar-refractivity contribution in [1.29, 1.82) is 0 Å². The number of esters is 1. The number of hydrogen-bond acceptors (Lipinski definition) is 4. The van der Waals surface area contributed by atoms with Crippen LogP contribution >= 0.6 is 7.82 Å². The topological polar surface area (TPSA) is 93.1 Å². The van der Waals surface area contributed by atoms with Crippen molar-refractivity contribution in [2.45, 2.75) is 53.0 Å². The molecule has 0 aliphatic rings. The SMILES string of the molecule is CC=CC(=O)OCCCC(CCOP(=O)(O)O)[N+](CC)(CC)CC. The molecular formula is C16H33NO6P+. The van der Waals surface area contributed by atoms with Gasteiger partial charge in [-0.25, -0.2) is 9.36 Å². The van der Waals surface area contributed by atoms with Gasteiger partial charge < -0.3 is 19.0 Å². The third kappa shape index (κ3) is 8.94. The van der Waals surface area contributed by atoms with Gasteiger partial charge in [-0.05, 0) is 34.1 Å². The molecule has 142 valence electrons. The summed E-state index contributed by atoms with van der Waals surface area (Å²) in [7, 11) is -4.44. The summed E-state index contributed by atoms with van der Waals surface area (Å²) in [6.07, 6.45) is 5.10. The third-order valence-electron chi connectivity index (χ3n) is 4.60. The van der Waals surface area contributed by atoms with Crippen LogP contribution in [0.2, 0.25) is 0 Å². The van der Waals surface area contributed by atoms with E-state index in [0.717, 1.165) is 30.5 Å². The van der Waals surface area contributed by atoms with Gasteiger partial charge in [-0.3, -0.25) is 4.52 Å². The van der Waals surface area contributed by atoms with Gasteiger partial charge in [0.1, 0.15) is 0 Å². The normalized spacial score (nSPS) is 14.1. The number of quaternary nitrogens is 1. The Morgan fingerprint density at radius 3 is 2.17 bits per heavy atom. The van der Waals surface area contributed by atoms with Crippen molar-refractivity contribution in [3.05, 3.63) is 12.2 Å². The van der Waals surface area contributed by atoms with Gasteiger partial charge in [-0.15, -0.1) is 0 Å². The van der Waals surface area contributed by atoms with Crippen LogP contribution in [0.5, 0.6) is 0 Å². The van der Waals surface area contributed by atoms with Crippen molar-refractivity contribution in [3.8, 4) is 0 Å². The molecule has 2 N–H and O–H groups in total. The van der Waals surface area contributed by atoms with E-state index < -0.39 is 7.82 Å². The van der Waals surface area contributed by atoms with E-state index in [4.69, 9.17) is 14.5 Å². The number of ether oxygens (including phenoxy) is 1. The second kappa shape index (κ2) is 11.8. The smallest absolute Gasteiger partial charge is 0.463 e. The maximum atomic E-state index is 11.3. The molecular weight excluding hydrogens is 333 g/mol. The number of phosphoric acid groups is 1. The van der Waals surface area contributed by atoms with Crippen LogP contribution in [-0.4, -0.2) is 59.1 Å². The molecule has 7 nitrogen and oxygen atoms in total. The van der Waals surface area contributed by atoms with E-state index in [1.807, 2.05) is 0 Å². The van der Waals surface area contributed by atoms with Crippen molar-refractivity contribution in [3.63, 3.8) is 0 Å². The number of hydrogen-bond donors (Lipinski definition) is 2. The van der Waals surface area contributed by atoms with Crippen LogP contribution in [0, 0.1) is 0 Å². The average Bonchev–Trinajstić information content (AvgIpc) is 2.52.